The van der Waals surface area contributed by atoms with Gasteiger partial charge in [-0.15, -0.1) is 0 Å². The van der Waals surface area contributed by atoms with Crippen LogP contribution in [0.2, 0.25) is 0 Å². The van der Waals surface area contributed by atoms with E-state index in [9.17, 15) is 22.9 Å². The Balaban J connectivity index is 3.98. The van der Waals surface area contributed by atoms with Gasteiger partial charge in [0.25, 0.3) is 10.1 Å². The van der Waals surface area contributed by atoms with Crippen LogP contribution in [0.3, 0.4) is 0 Å². The summed E-state index contributed by atoms with van der Waals surface area (Å²) in [6, 6.07) is -1.05. The van der Waals surface area contributed by atoms with Crippen LogP contribution in [0.1, 0.15) is 142 Å². The van der Waals surface area contributed by atoms with Gasteiger partial charge in [-0.25, -0.2) is 0 Å². The molecule has 208 valence electrons. The number of allylic oxidation sites excluding steroid dienone is 1. The van der Waals surface area contributed by atoms with Crippen molar-refractivity contribution in [3.8, 4) is 0 Å². The average molecular weight is 518 g/mol. The van der Waals surface area contributed by atoms with E-state index in [1.165, 1.54) is 76.7 Å². The van der Waals surface area contributed by atoms with Gasteiger partial charge in [-0.05, 0) is 19.3 Å². The van der Waals surface area contributed by atoms with E-state index < -0.39 is 28.0 Å². The number of rotatable bonds is 25. The molecule has 0 fully saturated rings. The van der Waals surface area contributed by atoms with Crippen LogP contribution in [0.5, 0.6) is 0 Å². The fourth-order valence-corrected chi connectivity index (χ4v) is 5.00. The van der Waals surface area contributed by atoms with E-state index >= 15 is 0 Å². The lowest BCUT2D eigenvalue weighted by Crippen LogP contribution is -2.46. The second kappa shape index (κ2) is 23.5. The first-order valence-corrected chi connectivity index (χ1v) is 16.0. The zero-order valence-electron chi connectivity index (χ0n) is 22.7. The smallest absolute Gasteiger partial charge is 0.267 e. The van der Waals surface area contributed by atoms with Crippen molar-refractivity contribution in [3.05, 3.63) is 12.2 Å². The fourth-order valence-electron chi connectivity index (χ4n) is 4.27. The molecule has 35 heavy (non-hydrogen) atoms. The number of nitrogens with one attached hydrogen (secondary N) is 1. The van der Waals surface area contributed by atoms with Crippen LogP contribution in [-0.4, -0.2) is 41.9 Å². The molecule has 0 bridgehead atoms. The van der Waals surface area contributed by atoms with Gasteiger partial charge >= 0.3 is 0 Å². The maximum absolute atomic E-state index is 12.3. The zero-order chi connectivity index (χ0) is 26.2. The highest BCUT2D eigenvalue weighted by Crippen LogP contribution is 2.13. The summed E-state index contributed by atoms with van der Waals surface area (Å²) >= 11 is 0. The molecule has 6 nitrogen and oxygen atoms in total. The Labute approximate surface area is 216 Å². The largest absolute Gasteiger partial charge is 0.387 e. The second-order valence-corrected chi connectivity index (χ2v) is 11.5. The summed E-state index contributed by atoms with van der Waals surface area (Å²) in [5.74, 6) is -0.980. The SMILES string of the molecule is CCCCCC/C=C/C(O)C(CS(=O)(=O)O)NC(=O)CCCCCCCCCCCCCCCC. The summed E-state index contributed by atoms with van der Waals surface area (Å²) in [5.41, 5.74) is 0. The minimum atomic E-state index is -4.31. The molecule has 0 heterocycles. The molecule has 0 saturated heterocycles. The number of carbonyl (C=O) groups is 1. The third kappa shape index (κ3) is 24.5. The lowest BCUT2D eigenvalue weighted by atomic mass is 10.0. The van der Waals surface area contributed by atoms with Crippen molar-refractivity contribution in [2.45, 2.75) is 154 Å². The predicted molar refractivity (Wildman–Crippen MR) is 147 cm³/mol. The van der Waals surface area contributed by atoms with Crippen LogP contribution in [0.4, 0.5) is 0 Å². The van der Waals surface area contributed by atoms with E-state index in [0.717, 1.165) is 51.4 Å². The normalized spacial score (nSPS) is 13.8. The van der Waals surface area contributed by atoms with Gasteiger partial charge in [-0.1, -0.05) is 129 Å². The van der Waals surface area contributed by atoms with Crippen molar-refractivity contribution in [2.75, 3.05) is 5.75 Å². The van der Waals surface area contributed by atoms with E-state index in [2.05, 4.69) is 19.2 Å². The molecular formula is C28H55NO5S. The van der Waals surface area contributed by atoms with Crippen LogP contribution in [0, 0.1) is 0 Å². The van der Waals surface area contributed by atoms with Crippen molar-refractivity contribution in [1.29, 1.82) is 0 Å². The number of aliphatic hydroxyl groups is 1. The van der Waals surface area contributed by atoms with E-state index in [-0.39, 0.29) is 5.91 Å². The first-order chi connectivity index (χ1) is 16.8. The highest BCUT2D eigenvalue weighted by Gasteiger charge is 2.24. The van der Waals surface area contributed by atoms with E-state index in [1.807, 2.05) is 6.08 Å². The van der Waals surface area contributed by atoms with Crippen LogP contribution in [0.15, 0.2) is 12.2 Å². The van der Waals surface area contributed by atoms with Crippen molar-refractivity contribution in [2.24, 2.45) is 0 Å². The number of unbranched alkanes of at least 4 members (excludes halogenated alkanes) is 17. The highest BCUT2D eigenvalue weighted by molar-refractivity contribution is 7.85. The van der Waals surface area contributed by atoms with Gasteiger partial charge in [0.2, 0.25) is 5.91 Å². The van der Waals surface area contributed by atoms with Crippen LogP contribution in [-0.2, 0) is 14.9 Å². The fraction of sp³-hybridized carbons (Fsp3) is 0.893. The topological polar surface area (TPSA) is 104 Å². The van der Waals surface area contributed by atoms with E-state index in [0.29, 0.717) is 6.42 Å². The summed E-state index contributed by atoms with van der Waals surface area (Å²) in [7, 11) is -4.31. The number of carbonyl (C=O) groups excluding carboxylic acids is 1. The summed E-state index contributed by atoms with van der Waals surface area (Å²) < 4.78 is 31.9. The Morgan fingerprint density at radius 2 is 1.17 bits per heavy atom. The van der Waals surface area contributed by atoms with Gasteiger partial charge in [0, 0.05) is 6.42 Å². The Morgan fingerprint density at radius 1 is 0.743 bits per heavy atom. The highest BCUT2D eigenvalue weighted by atomic mass is 32.2. The molecular weight excluding hydrogens is 462 g/mol. The van der Waals surface area contributed by atoms with Crippen molar-refractivity contribution in [3.63, 3.8) is 0 Å². The Bertz CT molecular complexity index is 621. The summed E-state index contributed by atoms with van der Waals surface area (Å²) in [5, 5.41) is 12.9. The first kappa shape index (κ1) is 34.1. The number of aliphatic hydroxyl groups excluding tert-OH is 1. The van der Waals surface area contributed by atoms with E-state index in [4.69, 9.17) is 0 Å². The first-order valence-electron chi connectivity index (χ1n) is 14.4. The molecule has 0 aromatic heterocycles. The van der Waals surface area contributed by atoms with Crippen molar-refractivity contribution < 1.29 is 22.9 Å². The summed E-state index contributed by atoms with van der Waals surface area (Å²) in [6.07, 6.45) is 25.1. The van der Waals surface area contributed by atoms with Gasteiger partial charge in [0.1, 0.15) is 0 Å². The molecule has 7 heteroatoms. The molecule has 0 aromatic carbocycles. The van der Waals surface area contributed by atoms with Gasteiger partial charge in [0.15, 0.2) is 0 Å². The van der Waals surface area contributed by atoms with Crippen LogP contribution < -0.4 is 5.32 Å². The maximum atomic E-state index is 12.3. The van der Waals surface area contributed by atoms with Gasteiger partial charge in [-0.2, -0.15) is 8.42 Å². The standard InChI is InChI=1S/C28H55NO5S/c1-3-5-7-9-11-12-13-14-15-16-17-18-20-22-24-28(31)29-26(25-35(32,33)34)27(30)23-21-19-10-8-6-4-2/h21,23,26-27,30H,3-20,22,24-25H2,1-2H3,(H,29,31)(H,32,33,34)/b23-21+. The van der Waals surface area contributed by atoms with Crippen LogP contribution in [0.25, 0.3) is 0 Å². The maximum Gasteiger partial charge on any atom is 0.267 e. The number of amides is 1. The molecule has 2 unspecified atom stereocenters. The Kier molecular flexibility index (Phi) is 22.9. The molecule has 0 aliphatic heterocycles. The number of hydrogen-bond acceptors (Lipinski definition) is 4. The second-order valence-electron chi connectivity index (χ2n) is 10.0. The molecule has 2 atom stereocenters. The third-order valence-corrected chi connectivity index (χ3v) is 7.24. The van der Waals surface area contributed by atoms with Gasteiger partial charge < -0.3 is 10.4 Å². The molecule has 0 saturated carbocycles. The van der Waals surface area contributed by atoms with Gasteiger partial charge in [0.05, 0.1) is 17.9 Å². The zero-order valence-corrected chi connectivity index (χ0v) is 23.5. The minimum Gasteiger partial charge on any atom is -0.387 e. The molecule has 3 N–H and O–H groups in total. The van der Waals surface area contributed by atoms with Crippen molar-refractivity contribution >= 4 is 16.0 Å². The molecule has 0 aromatic rings. The van der Waals surface area contributed by atoms with E-state index in [1.54, 1.807) is 0 Å². The molecule has 0 radical (unpaired) electrons. The average Bonchev–Trinajstić information content (AvgIpc) is 2.80. The summed E-state index contributed by atoms with van der Waals surface area (Å²) in [6.45, 7) is 4.39. The molecule has 0 spiro atoms. The molecule has 0 rings (SSSR count). The summed E-state index contributed by atoms with van der Waals surface area (Å²) in [4.78, 5) is 12.3. The Hall–Kier alpha value is -0.920. The monoisotopic (exact) mass is 517 g/mol. The predicted octanol–water partition coefficient (Wildman–Crippen LogP) is 7.12. The molecule has 1 amide bonds. The lowest BCUT2D eigenvalue weighted by Gasteiger charge is -2.21. The lowest BCUT2D eigenvalue weighted by molar-refractivity contribution is -0.122. The quantitative estimate of drug-likeness (QED) is 0.0679. The Morgan fingerprint density at radius 3 is 1.63 bits per heavy atom. The minimum absolute atomic E-state index is 0.284. The van der Waals surface area contributed by atoms with Gasteiger partial charge in [-0.3, -0.25) is 9.35 Å². The van der Waals surface area contributed by atoms with Crippen molar-refractivity contribution in [1.82, 2.24) is 5.32 Å². The molecule has 0 aliphatic rings. The third-order valence-electron chi connectivity index (χ3n) is 6.46. The molecule has 0 aliphatic carbocycles. The number of hydrogen-bond donors (Lipinski definition) is 3. The van der Waals surface area contributed by atoms with Crippen LogP contribution >= 0.6 is 0 Å².